The molecule has 2 unspecified atom stereocenters. The first-order valence-electron chi connectivity index (χ1n) is 5.33. The summed E-state index contributed by atoms with van der Waals surface area (Å²) in [5.41, 5.74) is 6.77. The maximum atomic E-state index is 5.82. The lowest BCUT2D eigenvalue weighted by Crippen LogP contribution is -2.18. The predicted octanol–water partition coefficient (Wildman–Crippen LogP) is 1.87. The average molecular weight is 207 g/mol. The van der Waals surface area contributed by atoms with Gasteiger partial charge in [0.1, 0.15) is 5.75 Å². The van der Waals surface area contributed by atoms with Crippen molar-refractivity contribution < 1.29 is 9.47 Å². The van der Waals surface area contributed by atoms with Crippen LogP contribution in [0.15, 0.2) is 24.3 Å². The number of methoxy groups -OCH3 is 1. The topological polar surface area (TPSA) is 44.5 Å². The molecule has 0 radical (unpaired) electrons. The van der Waals surface area contributed by atoms with Gasteiger partial charge in [-0.05, 0) is 30.5 Å². The van der Waals surface area contributed by atoms with Crippen LogP contribution >= 0.6 is 0 Å². The highest BCUT2D eigenvalue weighted by Crippen LogP contribution is 2.33. The first-order chi connectivity index (χ1) is 7.33. The van der Waals surface area contributed by atoms with Crippen LogP contribution in [0.4, 0.5) is 0 Å². The van der Waals surface area contributed by atoms with Crippen molar-refractivity contribution >= 4 is 0 Å². The molecular formula is C12H17NO2. The van der Waals surface area contributed by atoms with Crippen LogP contribution in [0.25, 0.3) is 0 Å². The predicted molar refractivity (Wildman–Crippen MR) is 58.9 cm³/mol. The molecule has 1 aromatic rings. The van der Waals surface area contributed by atoms with Gasteiger partial charge in [-0.3, -0.25) is 0 Å². The quantitative estimate of drug-likeness (QED) is 0.823. The van der Waals surface area contributed by atoms with E-state index in [0.29, 0.717) is 6.54 Å². The molecule has 3 heteroatoms. The van der Waals surface area contributed by atoms with E-state index in [4.69, 9.17) is 15.2 Å². The second kappa shape index (κ2) is 4.64. The summed E-state index contributed by atoms with van der Waals surface area (Å²) < 4.78 is 11.0. The van der Waals surface area contributed by atoms with Crippen molar-refractivity contribution in [2.45, 2.75) is 25.0 Å². The summed E-state index contributed by atoms with van der Waals surface area (Å²) >= 11 is 0. The van der Waals surface area contributed by atoms with E-state index < -0.39 is 0 Å². The molecule has 15 heavy (non-hydrogen) atoms. The van der Waals surface area contributed by atoms with Gasteiger partial charge < -0.3 is 15.2 Å². The van der Waals surface area contributed by atoms with E-state index in [-0.39, 0.29) is 12.2 Å². The van der Waals surface area contributed by atoms with Crippen molar-refractivity contribution in [1.29, 1.82) is 0 Å². The Labute approximate surface area is 90.2 Å². The first kappa shape index (κ1) is 10.5. The van der Waals surface area contributed by atoms with Gasteiger partial charge in [0, 0.05) is 6.54 Å². The van der Waals surface area contributed by atoms with Crippen LogP contribution in [0.2, 0.25) is 0 Å². The van der Waals surface area contributed by atoms with Crippen molar-refractivity contribution in [2.75, 3.05) is 13.7 Å². The molecule has 1 aromatic carbocycles. The summed E-state index contributed by atoms with van der Waals surface area (Å²) in [4.78, 5) is 0. The lowest BCUT2D eigenvalue weighted by Gasteiger charge is -2.13. The second-order valence-corrected chi connectivity index (χ2v) is 3.84. The van der Waals surface area contributed by atoms with Crippen molar-refractivity contribution in [1.82, 2.24) is 0 Å². The maximum absolute atomic E-state index is 5.82. The minimum atomic E-state index is 0.189. The summed E-state index contributed by atoms with van der Waals surface area (Å²) in [6.45, 7) is 0.612. The molecule has 0 saturated carbocycles. The molecule has 2 rings (SSSR count). The number of hydrogen-bond donors (Lipinski definition) is 1. The van der Waals surface area contributed by atoms with Crippen LogP contribution in [0.5, 0.6) is 5.75 Å². The van der Waals surface area contributed by atoms with Gasteiger partial charge >= 0.3 is 0 Å². The highest BCUT2D eigenvalue weighted by molar-refractivity contribution is 5.30. The van der Waals surface area contributed by atoms with Gasteiger partial charge in [0.2, 0.25) is 0 Å². The molecule has 0 aromatic heterocycles. The molecule has 0 spiro atoms. The molecule has 1 aliphatic heterocycles. The van der Waals surface area contributed by atoms with E-state index in [2.05, 4.69) is 6.07 Å². The normalized spacial score (nSPS) is 25.5. The fourth-order valence-electron chi connectivity index (χ4n) is 1.97. The van der Waals surface area contributed by atoms with Crippen LogP contribution in [0.3, 0.4) is 0 Å². The van der Waals surface area contributed by atoms with E-state index in [0.717, 1.165) is 18.6 Å². The van der Waals surface area contributed by atoms with Gasteiger partial charge in [0.25, 0.3) is 0 Å². The average Bonchev–Trinajstić information content (AvgIpc) is 2.78. The van der Waals surface area contributed by atoms with E-state index >= 15 is 0 Å². The van der Waals surface area contributed by atoms with E-state index in [1.54, 1.807) is 7.11 Å². The zero-order valence-electron chi connectivity index (χ0n) is 8.98. The minimum absolute atomic E-state index is 0.189. The second-order valence-electron chi connectivity index (χ2n) is 3.84. The number of ether oxygens (including phenoxy) is 2. The molecule has 1 fully saturated rings. The molecule has 3 nitrogen and oxygen atoms in total. The van der Waals surface area contributed by atoms with Crippen molar-refractivity contribution in [3.63, 3.8) is 0 Å². The molecule has 0 bridgehead atoms. The standard InChI is InChI=1S/C12H17NO2/c1-14-10-4-2-3-9(7-10)12-6-5-11(8-13)15-12/h2-4,7,11-12H,5-6,8,13H2,1H3. The fraction of sp³-hybridized carbons (Fsp3) is 0.500. The molecule has 0 aliphatic carbocycles. The molecule has 82 valence electrons. The number of benzene rings is 1. The van der Waals surface area contributed by atoms with Gasteiger partial charge in [0.15, 0.2) is 0 Å². The fourth-order valence-corrected chi connectivity index (χ4v) is 1.97. The van der Waals surface area contributed by atoms with Crippen molar-refractivity contribution in [2.24, 2.45) is 5.73 Å². The largest absolute Gasteiger partial charge is 0.497 e. The highest BCUT2D eigenvalue weighted by Gasteiger charge is 2.25. The van der Waals surface area contributed by atoms with Crippen LogP contribution < -0.4 is 10.5 Å². The van der Waals surface area contributed by atoms with Crippen LogP contribution in [0, 0.1) is 0 Å². The van der Waals surface area contributed by atoms with Gasteiger partial charge in [0.05, 0.1) is 19.3 Å². The summed E-state index contributed by atoms with van der Waals surface area (Å²) in [6, 6.07) is 8.04. The third kappa shape index (κ3) is 2.30. The van der Waals surface area contributed by atoms with Gasteiger partial charge in [-0.15, -0.1) is 0 Å². The van der Waals surface area contributed by atoms with E-state index in [1.807, 2.05) is 18.2 Å². The zero-order chi connectivity index (χ0) is 10.7. The Morgan fingerprint density at radius 1 is 1.47 bits per heavy atom. The Balaban J connectivity index is 2.09. The Hall–Kier alpha value is -1.06. The Morgan fingerprint density at radius 3 is 3.00 bits per heavy atom. The van der Waals surface area contributed by atoms with Crippen LogP contribution in [-0.4, -0.2) is 19.8 Å². The van der Waals surface area contributed by atoms with Crippen LogP contribution in [0.1, 0.15) is 24.5 Å². The molecule has 2 N–H and O–H groups in total. The number of rotatable bonds is 3. The zero-order valence-corrected chi connectivity index (χ0v) is 8.98. The maximum Gasteiger partial charge on any atom is 0.119 e. The summed E-state index contributed by atoms with van der Waals surface area (Å²) in [5, 5.41) is 0. The lowest BCUT2D eigenvalue weighted by molar-refractivity contribution is 0.0497. The summed E-state index contributed by atoms with van der Waals surface area (Å²) in [6.07, 6.45) is 2.52. The summed E-state index contributed by atoms with van der Waals surface area (Å²) in [7, 11) is 1.68. The molecule has 1 saturated heterocycles. The summed E-state index contributed by atoms with van der Waals surface area (Å²) in [5.74, 6) is 0.882. The van der Waals surface area contributed by atoms with E-state index in [1.165, 1.54) is 5.56 Å². The van der Waals surface area contributed by atoms with Crippen LogP contribution in [-0.2, 0) is 4.74 Å². The molecule has 0 amide bonds. The monoisotopic (exact) mass is 207 g/mol. The lowest BCUT2D eigenvalue weighted by atomic mass is 10.1. The Bertz CT molecular complexity index is 327. The van der Waals surface area contributed by atoms with E-state index in [9.17, 15) is 0 Å². The van der Waals surface area contributed by atoms with Gasteiger partial charge in [-0.1, -0.05) is 12.1 Å². The third-order valence-electron chi connectivity index (χ3n) is 2.84. The third-order valence-corrected chi connectivity index (χ3v) is 2.84. The Kier molecular flexibility index (Phi) is 3.23. The Morgan fingerprint density at radius 2 is 2.33 bits per heavy atom. The molecule has 1 heterocycles. The van der Waals surface area contributed by atoms with Gasteiger partial charge in [-0.25, -0.2) is 0 Å². The number of nitrogens with two attached hydrogens (primary N) is 1. The smallest absolute Gasteiger partial charge is 0.119 e. The van der Waals surface area contributed by atoms with Crippen molar-refractivity contribution in [3.05, 3.63) is 29.8 Å². The van der Waals surface area contributed by atoms with Crippen molar-refractivity contribution in [3.8, 4) is 5.75 Å². The molecular weight excluding hydrogens is 190 g/mol. The number of hydrogen-bond acceptors (Lipinski definition) is 3. The first-order valence-corrected chi connectivity index (χ1v) is 5.33. The molecule has 1 aliphatic rings. The SMILES string of the molecule is COc1cccc(C2CCC(CN)O2)c1. The minimum Gasteiger partial charge on any atom is -0.497 e. The molecule has 2 atom stereocenters. The van der Waals surface area contributed by atoms with Gasteiger partial charge in [-0.2, -0.15) is 0 Å². The highest BCUT2D eigenvalue weighted by atomic mass is 16.5.